The summed E-state index contributed by atoms with van der Waals surface area (Å²) in [6.45, 7) is 0.919. The smallest absolute Gasteiger partial charge is 0.131 e. The van der Waals surface area contributed by atoms with E-state index in [0.717, 1.165) is 17.6 Å². The number of hydrogen-bond donors (Lipinski definition) is 1. The number of nitrogens with one attached hydrogen (secondary N) is 1. The molecule has 1 aliphatic heterocycles. The number of hydrogen-bond acceptors (Lipinski definition) is 5. The van der Waals surface area contributed by atoms with E-state index in [1.165, 1.54) is 35.8 Å². The van der Waals surface area contributed by atoms with E-state index in [0.29, 0.717) is 5.92 Å². The van der Waals surface area contributed by atoms with E-state index in [2.05, 4.69) is 15.5 Å². The minimum atomic E-state index is 0.683. The zero-order valence-electron chi connectivity index (χ0n) is 8.61. The zero-order chi connectivity index (χ0) is 10.1. The maximum atomic E-state index is 4.31. The molecule has 2 aliphatic rings. The molecule has 1 aromatic heterocycles. The molecule has 1 aromatic rings. The Balaban J connectivity index is 1.59. The fourth-order valence-electron chi connectivity index (χ4n) is 1.75. The van der Waals surface area contributed by atoms with Gasteiger partial charge in [0.2, 0.25) is 0 Å². The summed E-state index contributed by atoms with van der Waals surface area (Å²) in [5.41, 5.74) is 0. The van der Waals surface area contributed by atoms with E-state index < -0.39 is 0 Å². The maximum absolute atomic E-state index is 4.31. The van der Waals surface area contributed by atoms with Crippen molar-refractivity contribution in [2.75, 3.05) is 11.5 Å². The Morgan fingerprint density at radius 1 is 1.27 bits per heavy atom. The molecule has 1 atom stereocenters. The lowest BCUT2D eigenvalue weighted by Crippen LogP contribution is -2.14. The monoisotopic (exact) mass is 241 g/mol. The summed E-state index contributed by atoms with van der Waals surface area (Å²) < 4.78 is 0. The van der Waals surface area contributed by atoms with Gasteiger partial charge in [0.05, 0.1) is 0 Å². The number of aromatic nitrogens is 2. The fourth-order valence-corrected chi connectivity index (χ4v) is 4.01. The first-order chi connectivity index (χ1) is 7.42. The molecular formula is C10H15N3S2. The van der Waals surface area contributed by atoms with Gasteiger partial charge in [-0.15, -0.1) is 10.2 Å². The molecule has 5 heteroatoms. The molecule has 1 saturated carbocycles. The third kappa shape index (κ3) is 2.52. The summed E-state index contributed by atoms with van der Waals surface area (Å²) in [6, 6.07) is 0.763. The molecule has 82 valence electrons. The predicted molar refractivity (Wildman–Crippen MR) is 64.5 cm³/mol. The minimum Gasteiger partial charge on any atom is -0.308 e. The van der Waals surface area contributed by atoms with Gasteiger partial charge in [-0.2, -0.15) is 11.8 Å². The van der Waals surface area contributed by atoms with Crippen LogP contribution in [0.3, 0.4) is 0 Å². The van der Waals surface area contributed by atoms with Gasteiger partial charge in [-0.25, -0.2) is 0 Å². The molecule has 1 aliphatic carbocycles. The Morgan fingerprint density at radius 2 is 2.20 bits per heavy atom. The van der Waals surface area contributed by atoms with Crippen LogP contribution < -0.4 is 5.32 Å². The molecule has 1 N–H and O–H groups in total. The van der Waals surface area contributed by atoms with Crippen LogP contribution in [0.25, 0.3) is 0 Å². The Bertz CT molecular complexity index is 329. The fraction of sp³-hybridized carbons (Fsp3) is 0.800. The quantitative estimate of drug-likeness (QED) is 0.875. The highest BCUT2D eigenvalue weighted by molar-refractivity contribution is 7.99. The van der Waals surface area contributed by atoms with E-state index in [-0.39, 0.29) is 0 Å². The average Bonchev–Trinajstić information content (AvgIpc) is 2.78. The van der Waals surface area contributed by atoms with Crippen molar-refractivity contribution in [2.45, 2.75) is 37.8 Å². The molecule has 1 unspecified atom stereocenters. The Morgan fingerprint density at radius 3 is 2.93 bits per heavy atom. The lowest BCUT2D eigenvalue weighted by Gasteiger charge is -2.00. The van der Waals surface area contributed by atoms with Crippen molar-refractivity contribution in [2.24, 2.45) is 0 Å². The van der Waals surface area contributed by atoms with E-state index in [1.54, 1.807) is 11.3 Å². The molecule has 3 nitrogen and oxygen atoms in total. The first kappa shape index (κ1) is 10.1. The highest BCUT2D eigenvalue weighted by Crippen LogP contribution is 2.33. The second kappa shape index (κ2) is 4.39. The average molecular weight is 241 g/mol. The van der Waals surface area contributed by atoms with E-state index >= 15 is 0 Å². The molecule has 0 radical (unpaired) electrons. The molecule has 0 amide bonds. The summed E-state index contributed by atoms with van der Waals surface area (Å²) >= 11 is 3.84. The van der Waals surface area contributed by atoms with Crippen LogP contribution in [-0.4, -0.2) is 27.7 Å². The van der Waals surface area contributed by atoms with Gasteiger partial charge in [0.25, 0.3) is 0 Å². The molecule has 1 saturated heterocycles. The first-order valence-corrected chi connectivity index (χ1v) is 7.52. The van der Waals surface area contributed by atoms with E-state index in [9.17, 15) is 0 Å². The van der Waals surface area contributed by atoms with Crippen LogP contribution >= 0.6 is 23.1 Å². The normalized spacial score (nSPS) is 26.0. The summed E-state index contributed by atoms with van der Waals surface area (Å²) in [5, 5.41) is 14.5. The summed E-state index contributed by atoms with van der Waals surface area (Å²) in [6.07, 6.45) is 3.96. The van der Waals surface area contributed by atoms with Crippen molar-refractivity contribution in [3.63, 3.8) is 0 Å². The van der Waals surface area contributed by atoms with Crippen LogP contribution in [0.5, 0.6) is 0 Å². The van der Waals surface area contributed by atoms with Crippen LogP contribution in [0.4, 0.5) is 0 Å². The number of thioether (sulfide) groups is 1. The molecule has 3 rings (SSSR count). The van der Waals surface area contributed by atoms with Crippen LogP contribution in [0, 0.1) is 0 Å². The molecule has 0 aromatic carbocycles. The minimum absolute atomic E-state index is 0.683. The Labute approximate surface area is 98.1 Å². The second-order valence-electron chi connectivity index (χ2n) is 4.25. The van der Waals surface area contributed by atoms with Gasteiger partial charge in [0, 0.05) is 24.3 Å². The van der Waals surface area contributed by atoms with Crippen LogP contribution in [0.1, 0.15) is 35.2 Å². The highest BCUT2D eigenvalue weighted by Gasteiger charge is 2.23. The lowest BCUT2D eigenvalue weighted by molar-refractivity contribution is 0.676. The molecule has 0 spiro atoms. The van der Waals surface area contributed by atoms with Gasteiger partial charge >= 0.3 is 0 Å². The van der Waals surface area contributed by atoms with E-state index in [1.807, 2.05) is 11.8 Å². The van der Waals surface area contributed by atoms with Gasteiger partial charge in [-0.3, -0.25) is 0 Å². The van der Waals surface area contributed by atoms with E-state index in [4.69, 9.17) is 0 Å². The molecular weight excluding hydrogens is 226 g/mol. The highest BCUT2D eigenvalue weighted by atomic mass is 32.2. The topological polar surface area (TPSA) is 37.8 Å². The Kier molecular flexibility index (Phi) is 2.94. The lowest BCUT2D eigenvalue weighted by atomic mass is 10.1. The van der Waals surface area contributed by atoms with Gasteiger partial charge in [0.1, 0.15) is 10.0 Å². The standard InChI is InChI=1S/C10H15N3S2/c1-2-8(1)11-5-9-12-13-10(15-9)7-3-4-14-6-7/h7-8,11H,1-6H2. The van der Waals surface area contributed by atoms with Crippen molar-refractivity contribution in [3.05, 3.63) is 10.0 Å². The van der Waals surface area contributed by atoms with Crippen molar-refractivity contribution < 1.29 is 0 Å². The summed E-state index contributed by atoms with van der Waals surface area (Å²) in [7, 11) is 0. The SMILES string of the molecule is C1CC(c2nnc(CNC3CC3)s2)CS1. The summed E-state index contributed by atoms with van der Waals surface area (Å²) in [5.74, 6) is 3.21. The van der Waals surface area contributed by atoms with Gasteiger partial charge < -0.3 is 5.32 Å². The third-order valence-corrected chi connectivity index (χ3v) is 5.13. The van der Waals surface area contributed by atoms with Gasteiger partial charge in [-0.1, -0.05) is 11.3 Å². The van der Waals surface area contributed by atoms with Crippen molar-refractivity contribution >= 4 is 23.1 Å². The molecule has 2 fully saturated rings. The zero-order valence-corrected chi connectivity index (χ0v) is 10.2. The van der Waals surface area contributed by atoms with Gasteiger partial charge in [-0.05, 0) is 25.0 Å². The number of nitrogens with zero attached hydrogens (tertiary/aromatic N) is 2. The van der Waals surface area contributed by atoms with Crippen molar-refractivity contribution in [1.82, 2.24) is 15.5 Å². The third-order valence-electron chi connectivity index (χ3n) is 2.88. The van der Waals surface area contributed by atoms with Crippen LogP contribution in [0.15, 0.2) is 0 Å². The number of rotatable bonds is 4. The summed E-state index contributed by atoms with van der Waals surface area (Å²) in [4.78, 5) is 0. The first-order valence-electron chi connectivity index (χ1n) is 5.55. The van der Waals surface area contributed by atoms with Crippen LogP contribution in [0.2, 0.25) is 0 Å². The molecule has 2 heterocycles. The van der Waals surface area contributed by atoms with Crippen molar-refractivity contribution in [1.29, 1.82) is 0 Å². The maximum Gasteiger partial charge on any atom is 0.131 e. The largest absolute Gasteiger partial charge is 0.308 e. The van der Waals surface area contributed by atoms with Gasteiger partial charge in [0.15, 0.2) is 0 Å². The Hall–Kier alpha value is -0.130. The second-order valence-corrected chi connectivity index (χ2v) is 6.49. The van der Waals surface area contributed by atoms with Crippen LogP contribution in [-0.2, 0) is 6.54 Å². The van der Waals surface area contributed by atoms with Crippen molar-refractivity contribution in [3.8, 4) is 0 Å². The molecule has 0 bridgehead atoms. The predicted octanol–water partition coefficient (Wildman–Crippen LogP) is 2.01. The molecule has 15 heavy (non-hydrogen) atoms.